The molecule has 1 heterocycles. The van der Waals surface area contributed by atoms with Crippen molar-refractivity contribution in [3.8, 4) is 5.75 Å². The van der Waals surface area contributed by atoms with Crippen molar-refractivity contribution in [2.24, 2.45) is 5.92 Å². The molecule has 21 heavy (non-hydrogen) atoms. The predicted molar refractivity (Wildman–Crippen MR) is 78.5 cm³/mol. The molecule has 1 aliphatic heterocycles. The number of hydrogen-bond donors (Lipinski definition) is 1. The van der Waals surface area contributed by atoms with Gasteiger partial charge in [-0.1, -0.05) is 11.6 Å². The first-order valence-electron chi connectivity index (χ1n) is 6.95. The van der Waals surface area contributed by atoms with Gasteiger partial charge in [0.15, 0.2) is 0 Å². The monoisotopic (exact) mass is 311 g/mol. The second-order valence-corrected chi connectivity index (χ2v) is 5.51. The molecule has 0 aliphatic carbocycles. The van der Waals surface area contributed by atoms with Gasteiger partial charge in [0.2, 0.25) is 5.91 Å². The third-order valence-electron chi connectivity index (χ3n) is 3.52. The van der Waals surface area contributed by atoms with E-state index in [2.05, 4.69) is 0 Å². The average molecular weight is 312 g/mol. The van der Waals surface area contributed by atoms with Crippen LogP contribution >= 0.6 is 11.6 Å². The molecule has 2 rings (SSSR count). The Kier molecular flexibility index (Phi) is 5.44. The molecule has 1 saturated heterocycles. The number of hydrogen-bond acceptors (Lipinski definition) is 3. The van der Waals surface area contributed by atoms with Crippen molar-refractivity contribution >= 4 is 23.5 Å². The first kappa shape index (κ1) is 15.6. The highest BCUT2D eigenvalue weighted by Crippen LogP contribution is 2.18. The molecule has 0 bridgehead atoms. The molecule has 0 radical (unpaired) electrons. The van der Waals surface area contributed by atoms with Gasteiger partial charge in [0.25, 0.3) is 0 Å². The molecular formula is C15H18ClNO4. The summed E-state index contributed by atoms with van der Waals surface area (Å²) in [6, 6.07) is 6.93. The number of ether oxygens (including phenoxy) is 1. The first-order chi connectivity index (χ1) is 10.1. The van der Waals surface area contributed by atoms with E-state index in [0.717, 1.165) is 6.42 Å². The Labute approximate surface area is 128 Å². The van der Waals surface area contributed by atoms with E-state index in [4.69, 9.17) is 21.4 Å². The van der Waals surface area contributed by atoms with Gasteiger partial charge < -0.3 is 14.7 Å². The normalized spacial score (nSPS) is 18.3. The third kappa shape index (κ3) is 4.63. The summed E-state index contributed by atoms with van der Waals surface area (Å²) in [7, 11) is 0. The van der Waals surface area contributed by atoms with Gasteiger partial charge >= 0.3 is 5.97 Å². The van der Waals surface area contributed by atoms with E-state index < -0.39 is 11.9 Å². The molecule has 1 N–H and O–H groups in total. The summed E-state index contributed by atoms with van der Waals surface area (Å²) < 4.78 is 5.47. The van der Waals surface area contributed by atoms with Crippen molar-refractivity contribution in [2.45, 2.75) is 19.3 Å². The van der Waals surface area contributed by atoms with Crippen LogP contribution in [0.2, 0.25) is 5.02 Å². The molecule has 114 valence electrons. The summed E-state index contributed by atoms with van der Waals surface area (Å²) in [5, 5.41) is 9.64. The van der Waals surface area contributed by atoms with E-state index >= 15 is 0 Å². The number of halogens is 1. The predicted octanol–water partition coefficient (Wildman–Crippen LogP) is 2.43. The number of aliphatic carboxylic acids is 1. The molecule has 5 nitrogen and oxygen atoms in total. The van der Waals surface area contributed by atoms with Gasteiger partial charge in [-0.05, 0) is 37.1 Å². The minimum atomic E-state index is -0.829. The Morgan fingerprint density at radius 2 is 2.05 bits per heavy atom. The number of amides is 1. The lowest BCUT2D eigenvalue weighted by molar-refractivity contribution is -0.145. The maximum Gasteiger partial charge on any atom is 0.308 e. The smallest absolute Gasteiger partial charge is 0.308 e. The first-order valence-corrected chi connectivity index (χ1v) is 7.33. The van der Waals surface area contributed by atoms with E-state index in [9.17, 15) is 9.59 Å². The lowest BCUT2D eigenvalue weighted by Crippen LogP contribution is -2.42. The molecule has 1 unspecified atom stereocenters. The van der Waals surface area contributed by atoms with E-state index in [1.165, 1.54) is 0 Å². The van der Waals surface area contributed by atoms with Crippen molar-refractivity contribution in [3.05, 3.63) is 29.3 Å². The lowest BCUT2D eigenvalue weighted by Gasteiger charge is -2.30. The summed E-state index contributed by atoms with van der Waals surface area (Å²) >= 11 is 5.77. The van der Waals surface area contributed by atoms with Crippen molar-refractivity contribution in [2.75, 3.05) is 19.7 Å². The van der Waals surface area contributed by atoms with Crippen LogP contribution in [0.1, 0.15) is 19.3 Å². The molecule has 6 heteroatoms. The zero-order valence-electron chi connectivity index (χ0n) is 11.6. The highest BCUT2D eigenvalue weighted by molar-refractivity contribution is 6.30. The van der Waals surface area contributed by atoms with Gasteiger partial charge in [0.05, 0.1) is 18.9 Å². The Hall–Kier alpha value is -1.75. The van der Waals surface area contributed by atoms with Gasteiger partial charge in [0.1, 0.15) is 5.75 Å². The van der Waals surface area contributed by atoms with Crippen molar-refractivity contribution < 1.29 is 19.4 Å². The van der Waals surface area contributed by atoms with Crippen LogP contribution < -0.4 is 4.74 Å². The van der Waals surface area contributed by atoms with E-state index in [-0.39, 0.29) is 18.9 Å². The summed E-state index contributed by atoms with van der Waals surface area (Å²) in [5.74, 6) is -0.672. The van der Waals surface area contributed by atoms with Gasteiger partial charge in [-0.25, -0.2) is 0 Å². The van der Waals surface area contributed by atoms with Crippen LogP contribution in [0.3, 0.4) is 0 Å². The minimum absolute atomic E-state index is 0.0603. The van der Waals surface area contributed by atoms with Crippen LogP contribution in [0.4, 0.5) is 0 Å². The summed E-state index contributed by atoms with van der Waals surface area (Å²) in [6.07, 6.45) is 1.62. The quantitative estimate of drug-likeness (QED) is 0.907. The number of nitrogens with zero attached hydrogens (tertiary/aromatic N) is 1. The molecule has 1 fully saturated rings. The standard InChI is InChI=1S/C15H18ClNO4/c16-12-3-5-13(6-4-12)21-9-7-14(18)17-8-1-2-11(10-17)15(19)20/h3-6,11H,1-2,7-10H2,(H,19,20). The molecule has 0 spiro atoms. The average Bonchev–Trinajstić information content (AvgIpc) is 2.49. The van der Waals surface area contributed by atoms with Gasteiger partial charge in [-0.15, -0.1) is 0 Å². The number of benzene rings is 1. The zero-order valence-corrected chi connectivity index (χ0v) is 12.4. The highest BCUT2D eigenvalue weighted by atomic mass is 35.5. The Bertz CT molecular complexity index is 503. The zero-order chi connectivity index (χ0) is 15.2. The molecule has 1 amide bonds. The van der Waals surface area contributed by atoms with Crippen LogP contribution in [0.5, 0.6) is 5.75 Å². The molecule has 1 atom stereocenters. The number of likely N-dealkylation sites (tertiary alicyclic amines) is 1. The molecule has 1 aromatic rings. The summed E-state index contributed by atoms with van der Waals surface area (Å²) in [5.41, 5.74) is 0. The van der Waals surface area contributed by atoms with E-state index in [1.807, 2.05) is 0 Å². The maximum absolute atomic E-state index is 12.0. The summed E-state index contributed by atoms with van der Waals surface area (Å²) in [6.45, 7) is 1.20. The molecule has 1 aliphatic rings. The Morgan fingerprint density at radius 1 is 1.33 bits per heavy atom. The number of carbonyl (C=O) groups excluding carboxylic acids is 1. The van der Waals surface area contributed by atoms with Gasteiger partial charge in [-0.2, -0.15) is 0 Å². The van der Waals surface area contributed by atoms with Crippen LogP contribution in [0.15, 0.2) is 24.3 Å². The molecule has 0 aromatic heterocycles. The van der Waals surface area contributed by atoms with Crippen molar-refractivity contribution in [1.29, 1.82) is 0 Å². The lowest BCUT2D eigenvalue weighted by atomic mass is 9.98. The largest absolute Gasteiger partial charge is 0.493 e. The number of piperidine rings is 1. The fourth-order valence-electron chi connectivity index (χ4n) is 2.35. The second-order valence-electron chi connectivity index (χ2n) is 5.07. The topological polar surface area (TPSA) is 66.8 Å². The van der Waals surface area contributed by atoms with Crippen molar-refractivity contribution in [1.82, 2.24) is 4.90 Å². The van der Waals surface area contributed by atoms with E-state index in [1.54, 1.807) is 29.2 Å². The highest BCUT2D eigenvalue weighted by Gasteiger charge is 2.27. The number of carbonyl (C=O) groups is 2. The van der Waals surface area contributed by atoms with Gasteiger partial charge in [-0.3, -0.25) is 9.59 Å². The maximum atomic E-state index is 12.0. The van der Waals surface area contributed by atoms with Crippen LogP contribution in [-0.4, -0.2) is 41.6 Å². The summed E-state index contributed by atoms with van der Waals surface area (Å²) in [4.78, 5) is 24.6. The third-order valence-corrected chi connectivity index (χ3v) is 3.77. The van der Waals surface area contributed by atoms with Crippen LogP contribution in [0.25, 0.3) is 0 Å². The Morgan fingerprint density at radius 3 is 2.71 bits per heavy atom. The number of carboxylic acids is 1. The van der Waals surface area contributed by atoms with E-state index in [0.29, 0.717) is 30.3 Å². The second kappa shape index (κ2) is 7.31. The fourth-order valence-corrected chi connectivity index (χ4v) is 2.48. The number of carboxylic acid groups (broad SMARTS) is 1. The van der Waals surface area contributed by atoms with Gasteiger partial charge in [0, 0.05) is 18.1 Å². The Balaban J connectivity index is 1.76. The van der Waals surface area contributed by atoms with Crippen molar-refractivity contribution in [3.63, 3.8) is 0 Å². The SMILES string of the molecule is O=C(O)C1CCCN(C(=O)CCOc2ccc(Cl)cc2)C1. The van der Waals surface area contributed by atoms with Crippen LogP contribution in [0, 0.1) is 5.92 Å². The minimum Gasteiger partial charge on any atom is -0.493 e. The molecule has 0 saturated carbocycles. The fraction of sp³-hybridized carbons (Fsp3) is 0.467. The molecule has 1 aromatic carbocycles. The number of rotatable bonds is 5. The van der Waals surface area contributed by atoms with Crippen LogP contribution in [-0.2, 0) is 9.59 Å². The molecular weight excluding hydrogens is 294 g/mol.